The van der Waals surface area contributed by atoms with E-state index in [9.17, 15) is 9.59 Å². The van der Waals surface area contributed by atoms with Gasteiger partial charge in [0.2, 0.25) is 11.8 Å². The average Bonchev–Trinajstić information content (AvgIpc) is 3.34. The van der Waals surface area contributed by atoms with Gasteiger partial charge in [-0.15, -0.1) is 10.2 Å². The predicted molar refractivity (Wildman–Crippen MR) is 118 cm³/mol. The third kappa shape index (κ3) is 4.71. The summed E-state index contributed by atoms with van der Waals surface area (Å²) in [6, 6.07) is 0. The molecule has 0 aliphatic carbocycles. The minimum Gasteiger partial charge on any atom is -0.361 e. The van der Waals surface area contributed by atoms with Crippen LogP contribution in [0.1, 0.15) is 74.1 Å². The molecule has 0 N–H and O–H groups in total. The largest absolute Gasteiger partial charge is 0.361 e. The van der Waals surface area contributed by atoms with Crippen molar-refractivity contribution < 1.29 is 14.1 Å². The molecule has 1 fully saturated rings. The summed E-state index contributed by atoms with van der Waals surface area (Å²) < 4.78 is 7.39. The van der Waals surface area contributed by atoms with Crippen LogP contribution < -0.4 is 0 Å². The Balaban J connectivity index is 1.32. The lowest BCUT2D eigenvalue weighted by Crippen LogP contribution is -2.40. The van der Waals surface area contributed by atoms with Gasteiger partial charge in [-0.1, -0.05) is 19.0 Å². The summed E-state index contributed by atoms with van der Waals surface area (Å²) >= 11 is 0. The van der Waals surface area contributed by atoms with E-state index in [1.165, 1.54) is 0 Å². The van der Waals surface area contributed by atoms with Gasteiger partial charge < -0.3 is 18.9 Å². The van der Waals surface area contributed by atoms with Crippen LogP contribution in [-0.4, -0.2) is 61.2 Å². The maximum absolute atomic E-state index is 12.8. The molecule has 9 nitrogen and oxygen atoms in total. The molecule has 2 aliphatic rings. The van der Waals surface area contributed by atoms with Crippen molar-refractivity contribution in [2.75, 3.05) is 19.6 Å². The van der Waals surface area contributed by atoms with Gasteiger partial charge in [-0.2, -0.15) is 0 Å². The topological polar surface area (TPSA) is 97.4 Å². The number of piperidine rings is 1. The number of nitrogens with zero attached hydrogens (tertiary/aromatic N) is 6. The van der Waals surface area contributed by atoms with Crippen molar-refractivity contribution >= 4 is 11.8 Å². The van der Waals surface area contributed by atoms with E-state index in [2.05, 4.69) is 33.8 Å². The van der Waals surface area contributed by atoms with Gasteiger partial charge in [0, 0.05) is 50.5 Å². The van der Waals surface area contributed by atoms with Gasteiger partial charge in [-0.3, -0.25) is 9.59 Å². The van der Waals surface area contributed by atoms with Crippen LogP contribution in [0.25, 0.3) is 0 Å². The van der Waals surface area contributed by atoms with Crippen LogP contribution in [0.5, 0.6) is 0 Å². The first-order valence-corrected chi connectivity index (χ1v) is 11.7. The van der Waals surface area contributed by atoms with Crippen LogP contribution in [0, 0.1) is 19.8 Å². The van der Waals surface area contributed by atoms with E-state index in [0.717, 1.165) is 61.1 Å². The smallest absolute Gasteiger partial charge is 0.223 e. The molecule has 0 saturated carbocycles. The molecule has 2 aromatic heterocycles. The molecule has 1 saturated heterocycles. The fourth-order valence-electron chi connectivity index (χ4n) is 4.81. The highest BCUT2D eigenvalue weighted by Gasteiger charge is 2.31. The quantitative estimate of drug-likeness (QED) is 0.682. The maximum Gasteiger partial charge on any atom is 0.223 e. The lowest BCUT2D eigenvalue weighted by Gasteiger charge is -2.33. The molecule has 0 unspecified atom stereocenters. The highest BCUT2D eigenvalue weighted by atomic mass is 16.5. The molecule has 0 spiro atoms. The summed E-state index contributed by atoms with van der Waals surface area (Å²) in [5.74, 6) is 3.74. The lowest BCUT2D eigenvalue weighted by molar-refractivity contribution is -0.133. The second-order valence-electron chi connectivity index (χ2n) is 9.50. The van der Waals surface area contributed by atoms with Crippen molar-refractivity contribution in [1.82, 2.24) is 29.7 Å². The zero-order valence-corrected chi connectivity index (χ0v) is 19.6. The number of rotatable bonds is 6. The van der Waals surface area contributed by atoms with E-state index in [1.54, 1.807) is 0 Å². The second-order valence-corrected chi connectivity index (χ2v) is 9.50. The number of aryl methyl sites for hydroxylation is 2. The molecule has 0 aromatic carbocycles. The summed E-state index contributed by atoms with van der Waals surface area (Å²) in [6.45, 7) is 11.4. The lowest BCUT2D eigenvalue weighted by atomic mass is 9.95. The van der Waals surface area contributed by atoms with Gasteiger partial charge in [0.1, 0.15) is 11.6 Å². The Morgan fingerprint density at radius 2 is 1.78 bits per heavy atom. The molecule has 32 heavy (non-hydrogen) atoms. The molecule has 4 rings (SSSR count). The van der Waals surface area contributed by atoms with E-state index >= 15 is 0 Å². The molecule has 0 atom stereocenters. The zero-order chi connectivity index (χ0) is 22.8. The first kappa shape index (κ1) is 22.5. The third-order valence-electron chi connectivity index (χ3n) is 6.70. The predicted octanol–water partition coefficient (Wildman–Crippen LogP) is 2.61. The number of amides is 2. The van der Waals surface area contributed by atoms with E-state index in [4.69, 9.17) is 4.52 Å². The van der Waals surface area contributed by atoms with E-state index in [1.807, 2.05) is 23.6 Å². The van der Waals surface area contributed by atoms with Crippen molar-refractivity contribution in [2.45, 2.75) is 78.8 Å². The molecule has 0 bridgehead atoms. The minimum atomic E-state index is 0.123. The first-order valence-electron chi connectivity index (χ1n) is 11.7. The van der Waals surface area contributed by atoms with Gasteiger partial charge in [0.05, 0.1) is 12.2 Å². The zero-order valence-electron chi connectivity index (χ0n) is 19.6. The van der Waals surface area contributed by atoms with E-state index < -0.39 is 0 Å². The fourth-order valence-corrected chi connectivity index (χ4v) is 4.81. The molecule has 174 valence electrons. The molecular weight excluding hydrogens is 408 g/mol. The molecule has 2 amide bonds. The van der Waals surface area contributed by atoms with Crippen molar-refractivity contribution in [1.29, 1.82) is 0 Å². The maximum atomic E-state index is 12.8. The third-order valence-corrected chi connectivity index (χ3v) is 6.70. The number of carbonyl (C=O) groups excluding carboxylic acids is 2. The Morgan fingerprint density at radius 3 is 2.44 bits per heavy atom. The number of hydrogen-bond acceptors (Lipinski definition) is 6. The average molecular weight is 443 g/mol. The Morgan fingerprint density at radius 1 is 1.03 bits per heavy atom. The molecular formula is C23H34N6O3. The Hall–Kier alpha value is -2.71. The van der Waals surface area contributed by atoms with Crippen LogP contribution in [0.3, 0.4) is 0 Å². The Bertz CT molecular complexity index is 951. The number of aromatic nitrogens is 4. The Kier molecular flexibility index (Phi) is 6.62. The highest BCUT2D eigenvalue weighted by molar-refractivity contribution is 5.77. The SMILES string of the molecule is Cc1noc(C)c1CCC(=O)N1CCn2c(nnc2C2CCN(C(=O)CC(C)C)CC2)C1. The normalized spacial score (nSPS) is 17.2. The van der Waals surface area contributed by atoms with E-state index in [0.29, 0.717) is 44.2 Å². The van der Waals surface area contributed by atoms with Crippen LogP contribution in [0.15, 0.2) is 4.52 Å². The van der Waals surface area contributed by atoms with Crippen molar-refractivity contribution in [3.8, 4) is 0 Å². The summed E-state index contributed by atoms with van der Waals surface area (Å²) in [5.41, 5.74) is 1.88. The van der Waals surface area contributed by atoms with Gasteiger partial charge in [0.15, 0.2) is 5.82 Å². The van der Waals surface area contributed by atoms with Gasteiger partial charge >= 0.3 is 0 Å². The Labute approximate surface area is 189 Å². The second kappa shape index (κ2) is 9.42. The van der Waals surface area contributed by atoms with Gasteiger partial charge in [-0.05, 0) is 39.0 Å². The number of hydrogen-bond donors (Lipinski definition) is 0. The fraction of sp³-hybridized carbons (Fsp3) is 0.696. The molecule has 2 aromatic rings. The van der Waals surface area contributed by atoms with Crippen LogP contribution in [0.2, 0.25) is 0 Å². The monoisotopic (exact) mass is 442 g/mol. The summed E-state index contributed by atoms with van der Waals surface area (Å²) in [4.78, 5) is 29.0. The number of fused-ring (bicyclic) bond motifs is 1. The van der Waals surface area contributed by atoms with Crippen molar-refractivity contribution in [3.63, 3.8) is 0 Å². The van der Waals surface area contributed by atoms with Crippen LogP contribution >= 0.6 is 0 Å². The van der Waals surface area contributed by atoms with Crippen molar-refractivity contribution in [2.24, 2.45) is 5.92 Å². The van der Waals surface area contributed by atoms with Crippen molar-refractivity contribution in [3.05, 3.63) is 28.7 Å². The van der Waals surface area contributed by atoms with Crippen LogP contribution in [-0.2, 0) is 29.1 Å². The molecule has 9 heteroatoms. The van der Waals surface area contributed by atoms with Gasteiger partial charge in [-0.25, -0.2) is 0 Å². The summed E-state index contributed by atoms with van der Waals surface area (Å²) in [7, 11) is 0. The summed E-state index contributed by atoms with van der Waals surface area (Å²) in [6.07, 6.45) is 3.53. The van der Waals surface area contributed by atoms with Gasteiger partial charge in [0.25, 0.3) is 0 Å². The molecule has 4 heterocycles. The number of likely N-dealkylation sites (tertiary alicyclic amines) is 1. The molecule has 2 aliphatic heterocycles. The standard InChI is InChI=1S/C23H34N6O3/c1-15(2)13-22(31)27-9-7-18(8-10-27)23-25-24-20-14-28(11-12-29(20)23)21(30)6-5-19-16(3)26-32-17(19)4/h15,18H,5-14H2,1-4H3. The van der Waals surface area contributed by atoms with E-state index in [-0.39, 0.29) is 11.8 Å². The number of carbonyl (C=O) groups is 2. The highest BCUT2D eigenvalue weighted by Crippen LogP contribution is 2.29. The minimum absolute atomic E-state index is 0.123. The van der Waals surface area contributed by atoms with Crippen LogP contribution in [0.4, 0.5) is 0 Å². The molecule has 0 radical (unpaired) electrons. The summed E-state index contributed by atoms with van der Waals surface area (Å²) in [5, 5.41) is 12.9. The first-order chi connectivity index (χ1) is 15.3.